The monoisotopic (exact) mass is 352 g/mol. The number of ketones is 1. The number of ether oxygens (including phenoxy) is 1. The van der Waals surface area contributed by atoms with E-state index in [-0.39, 0.29) is 5.41 Å². The van der Waals surface area contributed by atoms with Crippen LogP contribution in [0.5, 0.6) is 5.75 Å². The maximum atomic E-state index is 12.5. The number of hydrogen-bond acceptors (Lipinski definition) is 3. The van der Waals surface area contributed by atoms with E-state index in [4.69, 9.17) is 9.15 Å². The van der Waals surface area contributed by atoms with Crippen LogP contribution in [0.2, 0.25) is 0 Å². The molecular weight excluding hydrogens is 324 g/mol. The van der Waals surface area contributed by atoms with Gasteiger partial charge >= 0.3 is 0 Å². The first-order valence-corrected chi connectivity index (χ1v) is 9.83. The lowest BCUT2D eigenvalue weighted by atomic mass is 9.77. The molecule has 0 saturated carbocycles. The summed E-state index contributed by atoms with van der Waals surface area (Å²) in [6.07, 6.45) is 7.81. The van der Waals surface area contributed by atoms with E-state index < -0.39 is 0 Å². The van der Waals surface area contributed by atoms with Crippen molar-refractivity contribution in [2.45, 2.75) is 70.6 Å². The second-order valence-corrected chi connectivity index (χ2v) is 8.40. The largest absolute Gasteiger partial charge is 0.497 e. The molecule has 26 heavy (non-hydrogen) atoms. The Morgan fingerprint density at radius 3 is 2.73 bits per heavy atom. The lowest BCUT2D eigenvalue weighted by Gasteiger charge is -2.27. The third-order valence-corrected chi connectivity index (χ3v) is 6.13. The molecule has 3 heteroatoms. The van der Waals surface area contributed by atoms with Crippen molar-refractivity contribution >= 4 is 16.8 Å². The highest BCUT2D eigenvalue weighted by Gasteiger charge is 2.32. The van der Waals surface area contributed by atoms with E-state index in [2.05, 4.69) is 19.9 Å². The number of carbonyl (C=O) groups is 1. The lowest BCUT2D eigenvalue weighted by Crippen LogP contribution is -2.21. The average Bonchev–Trinajstić information content (AvgIpc) is 2.99. The fraction of sp³-hybridized carbons (Fsp3) is 0.522. The zero-order chi connectivity index (χ0) is 18.3. The Labute approximate surface area is 155 Å². The van der Waals surface area contributed by atoms with Gasteiger partial charge in [-0.15, -0.1) is 0 Å². The van der Waals surface area contributed by atoms with Crippen molar-refractivity contribution in [1.82, 2.24) is 0 Å². The molecule has 0 unspecified atom stereocenters. The van der Waals surface area contributed by atoms with Gasteiger partial charge in [0.2, 0.25) is 0 Å². The van der Waals surface area contributed by atoms with Crippen LogP contribution in [0.4, 0.5) is 0 Å². The Morgan fingerprint density at radius 2 is 1.92 bits per heavy atom. The molecule has 0 fully saturated rings. The Kier molecular flexibility index (Phi) is 4.42. The fourth-order valence-corrected chi connectivity index (χ4v) is 4.65. The first-order valence-electron chi connectivity index (χ1n) is 9.83. The summed E-state index contributed by atoms with van der Waals surface area (Å²) in [5, 5.41) is 1.14. The molecule has 1 aromatic heterocycles. The summed E-state index contributed by atoms with van der Waals surface area (Å²) in [6.45, 7) is 4.57. The van der Waals surface area contributed by atoms with E-state index in [9.17, 15) is 4.79 Å². The highest BCUT2D eigenvalue weighted by molar-refractivity contribution is 5.97. The summed E-state index contributed by atoms with van der Waals surface area (Å²) in [7, 11) is 1.70. The number of methoxy groups -OCH3 is 1. The van der Waals surface area contributed by atoms with Crippen LogP contribution in [-0.2, 0) is 16.6 Å². The van der Waals surface area contributed by atoms with Crippen LogP contribution in [0.25, 0.3) is 11.0 Å². The third kappa shape index (κ3) is 2.98. The molecular formula is C23H28O3. The van der Waals surface area contributed by atoms with Crippen LogP contribution in [-0.4, -0.2) is 12.9 Å². The molecule has 0 saturated heterocycles. The van der Waals surface area contributed by atoms with Gasteiger partial charge in [0.15, 0.2) is 5.78 Å². The summed E-state index contributed by atoms with van der Waals surface area (Å²) in [5.41, 5.74) is 4.63. The van der Waals surface area contributed by atoms with Gasteiger partial charge in [-0.3, -0.25) is 4.79 Å². The Balaban J connectivity index is 1.92. The van der Waals surface area contributed by atoms with E-state index in [0.717, 1.165) is 79.4 Å². The number of fused-ring (bicyclic) bond motifs is 3. The van der Waals surface area contributed by atoms with Gasteiger partial charge in [0.1, 0.15) is 17.1 Å². The van der Waals surface area contributed by atoms with Crippen molar-refractivity contribution < 1.29 is 13.9 Å². The Bertz CT molecular complexity index is 882. The van der Waals surface area contributed by atoms with E-state index >= 15 is 0 Å². The number of hydrogen-bond donors (Lipinski definition) is 0. The molecule has 0 radical (unpaired) electrons. The van der Waals surface area contributed by atoms with Crippen LogP contribution in [0.3, 0.4) is 0 Å². The molecule has 0 bridgehead atoms. The van der Waals surface area contributed by atoms with E-state index in [1.807, 2.05) is 12.1 Å². The second kappa shape index (κ2) is 6.61. The topological polar surface area (TPSA) is 39.4 Å². The number of rotatable bonds is 1. The minimum Gasteiger partial charge on any atom is -0.497 e. The molecule has 0 atom stereocenters. The van der Waals surface area contributed by atoms with Crippen molar-refractivity contribution in [3.8, 4) is 5.75 Å². The third-order valence-electron chi connectivity index (χ3n) is 6.13. The number of furan rings is 1. The molecule has 2 aromatic rings. The van der Waals surface area contributed by atoms with Gasteiger partial charge in [0.25, 0.3) is 0 Å². The standard InChI is InChI=1S/C23H28O3/c1-23(2)12-5-4-8-17-15(7-6-9-20(17)24)13-19-18-14-16(25-3)10-11-21(18)26-22(19)23/h10-11,14H,4-9,12-13H2,1-3H3. The molecule has 0 amide bonds. The molecule has 3 nitrogen and oxygen atoms in total. The first-order chi connectivity index (χ1) is 12.5. The van der Waals surface area contributed by atoms with E-state index in [1.165, 1.54) is 11.1 Å². The lowest BCUT2D eigenvalue weighted by molar-refractivity contribution is -0.116. The zero-order valence-electron chi connectivity index (χ0n) is 16.1. The van der Waals surface area contributed by atoms with Crippen LogP contribution in [0.1, 0.15) is 70.1 Å². The number of benzene rings is 1. The Morgan fingerprint density at radius 1 is 1.08 bits per heavy atom. The molecule has 0 N–H and O–H groups in total. The van der Waals surface area contributed by atoms with Crippen LogP contribution in [0, 0.1) is 0 Å². The maximum Gasteiger partial charge on any atom is 0.158 e. The van der Waals surface area contributed by atoms with Gasteiger partial charge in [-0.25, -0.2) is 0 Å². The van der Waals surface area contributed by atoms with Crippen LogP contribution in [0.15, 0.2) is 33.8 Å². The van der Waals surface area contributed by atoms with Crippen molar-refractivity contribution in [2.75, 3.05) is 7.11 Å². The molecule has 138 valence electrons. The molecule has 2 aliphatic rings. The van der Waals surface area contributed by atoms with Gasteiger partial charge in [-0.05, 0) is 62.3 Å². The van der Waals surface area contributed by atoms with Crippen molar-refractivity contribution in [3.63, 3.8) is 0 Å². The van der Waals surface area contributed by atoms with E-state index in [1.54, 1.807) is 7.11 Å². The predicted octanol–water partition coefficient (Wildman–Crippen LogP) is 5.89. The van der Waals surface area contributed by atoms with Crippen molar-refractivity contribution in [1.29, 1.82) is 0 Å². The van der Waals surface area contributed by atoms with Crippen molar-refractivity contribution in [3.05, 3.63) is 40.7 Å². The van der Waals surface area contributed by atoms with Crippen LogP contribution >= 0.6 is 0 Å². The zero-order valence-corrected chi connectivity index (χ0v) is 16.1. The molecule has 2 aliphatic carbocycles. The average molecular weight is 352 g/mol. The highest BCUT2D eigenvalue weighted by atomic mass is 16.5. The molecule has 1 aromatic carbocycles. The molecule has 1 heterocycles. The molecule has 4 rings (SSSR count). The van der Waals surface area contributed by atoms with Crippen LogP contribution < -0.4 is 4.74 Å². The summed E-state index contributed by atoms with van der Waals surface area (Å²) >= 11 is 0. The smallest absolute Gasteiger partial charge is 0.158 e. The molecule has 0 spiro atoms. The van der Waals surface area contributed by atoms with Gasteiger partial charge in [-0.1, -0.05) is 25.8 Å². The summed E-state index contributed by atoms with van der Waals surface area (Å²) in [6, 6.07) is 6.06. The Hall–Kier alpha value is -2.03. The SMILES string of the molecule is COc1ccc2oc3c(c2c1)CC1=C(CCCCC3(C)C)C(=O)CCC1. The van der Waals surface area contributed by atoms with Gasteiger partial charge in [0, 0.05) is 22.8 Å². The summed E-state index contributed by atoms with van der Waals surface area (Å²) < 4.78 is 11.8. The summed E-state index contributed by atoms with van der Waals surface area (Å²) in [5.74, 6) is 2.32. The van der Waals surface area contributed by atoms with Gasteiger partial charge in [0.05, 0.1) is 7.11 Å². The maximum absolute atomic E-state index is 12.5. The number of Topliss-reactive ketones (excluding diaryl/α,β-unsaturated/α-hetero) is 1. The molecule has 0 aliphatic heterocycles. The van der Waals surface area contributed by atoms with Gasteiger partial charge < -0.3 is 9.15 Å². The first kappa shape index (κ1) is 17.4. The number of allylic oxidation sites excluding steroid dienone is 2. The second-order valence-electron chi connectivity index (χ2n) is 8.40. The fourth-order valence-electron chi connectivity index (χ4n) is 4.65. The minimum absolute atomic E-state index is 0.00166. The quantitative estimate of drug-likeness (QED) is 0.643. The van der Waals surface area contributed by atoms with Crippen molar-refractivity contribution in [2.24, 2.45) is 0 Å². The number of carbonyl (C=O) groups excluding carboxylic acids is 1. The minimum atomic E-state index is -0.00166. The normalized spacial score (nSPS) is 20.7. The highest BCUT2D eigenvalue weighted by Crippen LogP contribution is 2.42. The summed E-state index contributed by atoms with van der Waals surface area (Å²) in [4.78, 5) is 12.5. The van der Waals surface area contributed by atoms with E-state index in [0.29, 0.717) is 5.78 Å². The van der Waals surface area contributed by atoms with Gasteiger partial charge in [-0.2, -0.15) is 0 Å². The predicted molar refractivity (Wildman–Crippen MR) is 104 cm³/mol.